The highest BCUT2D eigenvalue weighted by atomic mass is 32.2. The highest BCUT2D eigenvalue weighted by Crippen LogP contribution is 2.28. The van der Waals surface area contributed by atoms with E-state index in [1.807, 2.05) is 17.8 Å². The van der Waals surface area contributed by atoms with Gasteiger partial charge in [-0.2, -0.15) is 17.0 Å². The normalized spacial score (nSPS) is 22.2. The lowest BCUT2D eigenvalue weighted by Crippen LogP contribution is -2.39. The van der Waals surface area contributed by atoms with Crippen LogP contribution in [0.15, 0.2) is 24.3 Å². The second-order valence-corrected chi connectivity index (χ2v) is 8.96. The predicted octanol–water partition coefficient (Wildman–Crippen LogP) is 3.04. The summed E-state index contributed by atoms with van der Waals surface area (Å²) in [6.45, 7) is 2.14. The third-order valence-corrected chi connectivity index (χ3v) is 6.43. The molecule has 0 aliphatic heterocycles. The van der Waals surface area contributed by atoms with Gasteiger partial charge in [-0.25, -0.2) is 13.1 Å². The number of nitrogens with zero attached hydrogens (tertiary/aromatic N) is 1. The van der Waals surface area contributed by atoms with Crippen LogP contribution < -0.4 is 4.72 Å². The van der Waals surface area contributed by atoms with E-state index in [1.54, 1.807) is 24.3 Å². The molecule has 0 spiro atoms. The molecule has 0 unspecified atom stereocenters. The lowest BCUT2D eigenvalue weighted by Gasteiger charge is -2.29. The van der Waals surface area contributed by atoms with Crippen molar-refractivity contribution in [3.8, 4) is 6.07 Å². The van der Waals surface area contributed by atoms with Gasteiger partial charge in [0.2, 0.25) is 10.0 Å². The molecule has 1 aromatic carbocycles. The van der Waals surface area contributed by atoms with Crippen LogP contribution in [0, 0.1) is 11.3 Å². The number of rotatable bonds is 6. The Bertz CT molecular complexity index is 636. The first-order chi connectivity index (χ1) is 10.5. The van der Waals surface area contributed by atoms with Crippen molar-refractivity contribution in [2.45, 2.75) is 49.7 Å². The van der Waals surface area contributed by atoms with Crippen molar-refractivity contribution >= 4 is 21.8 Å². The summed E-state index contributed by atoms with van der Waals surface area (Å²) in [7, 11) is -3.37. The molecule has 22 heavy (non-hydrogen) atoms. The minimum Gasteiger partial charge on any atom is -0.212 e. The summed E-state index contributed by atoms with van der Waals surface area (Å²) >= 11 is 1.92. The fraction of sp³-hybridized carbons (Fsp3) is 0.562. The van der Waals surface area contributed by atoms with E-state index in [4.69, 9.17) is 5.26 Å². The van der Waals surface area contributed by atoms with E-state index in [0.717, 1.165) is 25.0 Å². The molecular formula is C16H22N2O2S2. The van der Waals surface area contributed by atoms with Crippen LogP contribution in [0.5, 0.6) is 0 Å². The number of hydrogen-bond acceptors (Lipinski definition) is 4. The number of sulfonamides is 1. The predicted molar refractivity (Wildman–Crippen MR) is 91.1 cm³/mol. The Balaban J connectivity index is 1.97. The summed E-state index contributed by atoms with van der Waals surface area (Å²) < 4.78 is 27.5. The Morgan fingerprint density at radius 1 is 1.41 bits per heavy atom. The minimum absolute atomic E-state index is 0.0435. The second-order valence-electron chi connectivity index (χ2n) is 5.63. The van der Waals surface area contributed by atoms with Crippen LogP contribution in [-0.4, -0.2) is 25.5 Å². The third kappa shape index (κ3) is 5.31. The first kappa shape index (κ1) is 17.3. The van der Waals surface area contributed by atoms with Gasteiger partial charge in [-0.15, -0.1) is 0 Å². The second kappa shape index (κ2) is 8.00. The summed E-state index contributed by atoms with van der Waals surface area (Å²) in [5.74, 6) is 1.01. The van der Waals surface area contributed by atoms with Crippen LogP contribution >= 0.6 is 11.8 Å². The van der Waals surface area contributed by atoms with Crippen LogP contribution in [-0.2, 0) is 15.8 Å². The monoisotopic (exact) mass is 338 g/mol. The van der Waals surface area contributed by atoms with Crippen molar-refractivity contribution in [1.29, 1.82) is 5.26 Å². The summed E-state index contributed by atoms with van der Waals surface area (Å²) in [4.78, 5) is 0. The topological polar surface area (TPSA) is 70.0 Å². The maximum Gasteiger partial charge on any atom is 0.216 e. The van der Waals surface area contributed by atoms with Gasteiger partial charge < -0.3 is 0 Å². The molecule has 2 atom stereocenters. The van der Waals surface area contributed by atoms with Gasteiger partial charge in [-0.1, -0.05) is 25.5 Å². The molecule has 0 bridgehead atoms. The van der Waals surface area contributed by atoms with Crippen LogP contribution in [0.1, 0.15) is 43.7 Å². The fourth-order valence-corrected chi connectivity index (χ4v) is 5.48. The van der Waals surface area contributed by atoms with Crippen molar-refractivity contribution in [2.24, 2.45) is 0 Å². The molecular weight excluding hydrogens is 316 g/mol. The third-order valence-electron chi connectivity index (χ3n) is 3.79. The van der Waals surface area contributed by atoms with Crippen LogP contribution in [0.4, 0.5) is 0 Å². The fourth-order valence-electron chi connectivity index (χ4n) is 2.88. The van der Waals surface area contributed by atoms with E-state index in [9.17, 15) is 8.42 Å². The average molecular weight is 338 g/mol. The molecule has 1 fully saturated rings. The lowest BCUT2D eigenvalue weighted by atomic mass is 9.96. The van der Waals surface area contributed by atoms with E-state index in [2.05, 4.69) is 11.6 Å². The Morgan fingerprint density at radius 3 is 2.95 bits per heavy atom. The molecule has 0 aromatic heterocycles. The van der Waals surface area contributed by atoms with Gasteiger partial charge in [-0.3, -0.25) is 0 Å². The summed E-state index contributed by atoms with van der Waals surface area (Å²) in [6.07, 6.45) is 4.09. The average Bonchev–Trinajstić information content (AvgIpc) is 2.47. The van der Waals surface area contributed by atoms with Crippen LogP contribution in [0.3, 0.4) is 0 Å². The largest absolute Gasteiger partial charge is 0.216 e. The molecule has 2 rings (SSSR count). The van der Waals surface area contributed by atoms with Crippen molar-refractivity contribution < 1.29 is 8.42 Å². The molecule has 4 nitrogen and oxygen atoms in total. The van der Waals surface area contributed by atoms with E-state index in [1.165, 1.54) is 6.42 Å². The molecule has 1 saturated carbocycles. The van der Waals surface area contributed by atoms with E-state index < -0.39 is 10.0 Å². The van der Waals surface area contributed by atoms with Crippen LogP contribution in [0.2, 0.25) is 0 Å². The van der Waals surface area contributed by atoms with Crippen molar-refractivity contribution in [3.63, 3.8) is 0 Å². The molecule has 1 N–H and O–H groups in total. The Kier molecular flexibility index (Phi) is 6.30. The first-order valence-electron chi connectivity index (χ1n) is 7.63. The first-order valence-corrected chi connectivity index (χ1v) is 10.3. The van der Waals surface area contributed by atoms with Gasteiger partial charge in [0.25, 0.3) is 0 Å². The standard InChI is InChI=1S/C16H22N2O2S2/c1-2-21-16-8-4-7-15(10-16)18-22(19,20)12-14-6-3-5-13(9-14)11-17/h3,5-6,9,15-16,18H,2,4,7-8,10,12H2,1H3/t15-,16-/m0/s1. The van der Waals surface area contributed by atoms with E-state index in [0.29, 0.717) is 16.4 Å². The summed E-state index contributed by atoms with van der Waals surface area (Å²) in [5, 5.41) is 9.45. The SMILES string of the molecule is CCS[C@H]1CCC[C@H](NS(=O)(=O)Cc2cccc(C#N)c2)C1. The van der Waals surface area contributed by atoms with Gasteiger partial charge in [0, 0.05) is 11.3 Å². The zero-order chi connectivity index (χ0) is 16.0. The lowest BCUT2D eigenvalue weighted by molar-refractivity contribution is 0.420. The molecule has 0 heterocycles. The van der Waals surface area contributed by atoms with Gasteiger partial charge in [0.05, 0.1) is 17.4 Å². The molecule has 120 valence electrons. The number of nitrogens with one attached hydrogen (secondary N) is 1. The van der Waals surface area contributed by atoms with Gasteiger partial charge in [0.1, 0.15) is 0 Å². The maximum absolute atomic E-state index is 12.3. The van der Waals surface area contributed by atoms with E-state index in [-0.39, 0.29) is 11.8 Å². The van der Waals surface area contributed by atoms with Crippen LogP contribution in [0.25, 0.3) is 0 Å². The van der Waals surface area contributed by atoms with E-state index >= 15 is 0 Å². The highest BCUT2D eigenvalue weighted by Gasteiger charge is 2.25. The number of benzene rings is 1. The Hall–Kier alpha value is -1.03. The molecule has 1 aliphatic carbocycles. The molecule has 0 saturated heterocycles. The molecule has 1 aromatic rings. The quantitative estimate of drug-likeness (QED) is 0.865. The molecule has 6 heteroatoms. The minimum atomic E-state index is -3.37. The van der Waals surface area contributed by atoms with Gasteiger partial charge in [0.15, 0.2) is 0 Å². The van der Waals surface area contributed by atoms with Gasteiger partial charge >= 0.3 is 0 Å². The van der Waals surface area contributed by atoms with Crippen molar-refractivity contribution in [1.82, 2.24) is 4.72 Å². The molecule has 0 radical (unpaired) electrons. The van der Waals surface area contributed by atoms with Crippen molar-refractivity contribution in [3.05, 3.63) is 35.4 Å². The summed E-state index contributed by atoms with van der Waals surface area (Å²) in [6, 6.07) is 8.86. The number of thioether (sulfide) groups is 1. The number of nitriles is 1. The van der Waals surface area contributed by atoms with Gasteiger partial charge in [-0.05, 0) is 42.7 Å². The Morgan fingerprint density at radius 2 is 2.23 bits per heavy atom. The zero-order valence-corrected chi connectivity index (χ0v) is 14.4. The molecule has 0 amide bonds. The smallest absolute Gasteiger partial charge is 0.212 e. The van der Waals surface area contributed by atoms with Crippen molar-refractivity contribution in [2.75, 3.05) is 5.75 Å². The Labute approximate surface area is 137 Å². The highest BCUT2D eigenvalue weighted by molar-refractivity contribution is 7.99. The zero-order valence-electron chi connectivity index (χ0n) is 12.8. The molecule has 1 aliphatic rings. The maximum atomic E-state index is 12.3. The number of hydrogen-bond donors (Lipinski definition) is 1. The summed E-state index contributed by atoms with van der Waals surface area (Å²) in [5.41, 5.74) is 1.15.